The molecule has 0 bridgehead atoms. The zero-order valence-electron chi connectivity index (χ0n) is 5.28. The minimum atomic E-state index is 0.295. The quantitative estimate of drug-likeness (QED) is 0.536. The lowest BCUT2D eigenvalue weighted by Gasteiger charge is -2.20. The fraction of sp³-hybridized carbons (Fsp3) is 0.714. The van der Waals surface area contributed by atoms with Crippen molar-refractivity contribution in [2.24, 2.45) is 0 Å². The van der Waals surface area contributed by atoms with E-state index in [1.807, 2.05) is 0 Å². The minimum absolute atomic E-state index is 0.295. The summed E-state index contributed by atoms with van der Waals surface area (Å²) < 4.78 is 0. The van der Waals surface area contributed by atoms with Crippen LogP contribution >= 0.6 is 0 Å². The first kappa shape index (κ1) is 5.83. The van der Waals surface area contributed by atoms with Crippen LogP contribution in [0.25, 0.3) is 0 Å². The SMILES string of the molecule is CCC1=C(CO)CC1. The van der Waals surface area contributed by atoms with Crippen molar-refractivity contribution in [3.63, 3.8) is 0 Å². The molecule has 1 nitrogen and oxygen atoms in total. The summed E-state index contributed by atoms with van der Waals surface area (Å²) in [6, 6.07) is 0. The zero-order valence-corrected chi connectivity index (χ0v) is 5.28. The highest BCUT2D eigenvalue weighted by molar-refractivity contribution is 5.23. The number of aliphatic hydroxyl groups is 1. The van der Waals surface area contributed by atoms with E-state index in [1.165, 1.54) is 17.6 Å². The minimum Gasteiger partial charge on any atom is -0.392 e. The normalized spacial score (nSPS) is 18.8. The van der Waals surface area contributed by atoms with Crippen molar-refractivity contribution in [3.8, 4) is 0 Å². The third kappa shape index (κ3) is 0.781. The van der Waals surface area contributed by atoms with E-state index in [-0.39, 0.29) is 0 Å². The molecule has 0 aromatic heterocycles. The Morgan fingerprint density at radius 2 is 2.00 bits per heavy atom. The molecule has 0 fully saturated rings. The van der Waals surface area contributed by atoms with Crippen molar-refractivity contribution in [1.29, 1.82) is 0 Å². The predicted molar refractivity (Wildman–Crippen MR) is 33.6 cm³/mol. The van der Waals surface area contributed by atoms with Gasteiger partial charge in [-0.25, -0.2) is 0 Å². The summed E-state index contributed by atoms with van der Waals surface area (Å²) in [4.78, 5) is 0. The molecule has 0 aromatic rings. The fourth-order valence-corrected chi connectivity index (χ4v) is 1.10. The van der Waals surface area contributed by atoms with Crippen LogP contribution < -0.4 is 0 Å². The molecule has 0 spiro atoms. The summed E-state index contributed by atoms with van der Waals surface area (Å²) in [5.74, 6) is 0. The summed E-state index contributed by atoms with van der Waals surface area (Å²) in [5.41, 5.74) is 2.76. The molecular weight excluding hydrogens is 100 g/mol. The Morgan fingerprint density at radius 3 is 2.12 bits per heavy atom. The Hall–Kier alpha value is -0.300. The number of hydrogen-bond donors (Lipinski definition) is 1. The molecule has 0 aliphatic heterocycles. The van der Waals surface area contributed by atoms with Crippen LogP contribution in [-0.4, -0.2) is 11.7 Å². The smallest absolute Gasteiger partial charge is 0.0644 e. The Balaban J connectivity index is 2.49. The van der Waals surface area contributed by atoms with E-state index in [1.54, 1.807) is 0 Å². The predicted octanol–water partition coefficient (Wildman–Crippen LogP) is 1.48. The van der Waals surface area contributed by atoms with Crippen LogP contribution in [0.4, 0.5) is 0 Å². The van der Waals surface area contributed by atoms with Crippen LogP contribution in [0.3, 0.4) is 0 Å². The molecule has 0 atom stereocenters. The van der Waals surface area contributed by atoms with Crippen LogP contribution in [0.1, 0.15) is 26.2 Å². The van der Waals surface area contributed by atoms with Gasteiger partial charge in [0.15, 0.2) is 0 Å². The topological polar surface area (TPSA) is 20.2 Å². The van der Waals surface area contributed by atoms with Gasteiger partial charge in [0.05, 0.1) is 6.61 Å². The molecule has 0 aromatic carbocycles. The Bertz CT molecular complexity index is 99.6. The second-order valence-corrected chi connectivity index (χ2v) is 2.22. The van der Waals surface area contributed by atoms with E-state index >= 15 is 0 Å². The van der Waals surface area contributed by atoms with Crippen LogP contribution in [0.15, 0.2) is 11.1 Å². The van der Waals surface area contributed by atoms with Gasteiger partial charge in [-0.05, 0) is 24.8 Å². The van der Waals surface area contributed by atoms with E-state index in [0.717, 1.165) is 12.8 Å². The molecule has 1 aliphatic rings. The van der Waals surface area contributed by atoms with Gasteiger partial charge in [0.1, 0.15) is 0 Å². The number of allylic oxidation sites excluding steroid dienone is 1. The fourth-order valence-electron chi connectivity index (χ4n) is 1.10. The summed E-state index contributed by atoms with van der Waals surface area (Å²) in [6.07, 6.45) is 3.50. The van der Waals surface area contributed by atoms with E-state index in [4.69, 9.17) is 5.11 Å². The van der Waals surface area contributed by atoms with Crippen LogP contribution in [0.5, 0.6) is 0 Å². The van der Waals surface area contributed by atoms with Gasteiger partial charge in [-0.1, -0.05) is 12.5 Å². The molecule has 1 aliphatic carbocycles. The Labute approximate surface area is 50.0 Å². The number of hydrogen-bond acceptors (Lipinski definition) is 1. The summed E-state index contributed by atoms with van der Waals surface area (Å²) in [6.45, 7) is 2.44. The molecular formula is C7H12O. The van der Waals surface area contributed by atoms with Crippen LogP contribution in [0, 0.1) is 0 Å². The average molecular weight is 112 g/mol. The van der Waals surface area contributed by atoms with Crippen molar-refractivity contribution >= 4 is 0 Å². The lowest BCUT2D eigenvalue weighted by molar-refractivity contribution is 0.317. The van der Waals surface area contributed by atoms with Crippen molar-refractivity contribution in [2.75, 3.05) is 6.61 Å². The van der Waals surface area contributed by atoms with E-state index in [0.29, 0.717) is 6.61 Å². The third-order valence-electron chi connectivity index (χ3n) is 1.85. The Morgan fingerprint density at radius 1 is 1.38 bits per heavy atom. The molecule has 8 heavy (non-hydrogen) atoms. The van der Waals surface area contributed by atoms with Gasteiger partial charge in [-0.15, -0.1) is 0 Å². The number of rotatable bonds is 2. The highest BCUT2D eigenvalue weighted by atomic mass is 16.3. The molecule has 0 saturated carbocycles. The van der Waals surface area contributed by atoms with Gasteiger partial charge < -0.3 is 5.11 Å². The monoisotopic (exact) mass is 112 g/mol. The maximum atomic E-state index is 8.63. The summed E-state index contributed by atoms with van der Waals surface area (Å²) in [5, 5.41) is 8.63. The molecule has 46 valence electrons. The van der Waals surface area contributed by atoms with Crippen molar-refractivity contribution in [1.82, 2.24) is 0 Å². The molecule has 1 heteroatoms. The maximum absolute atomic E-state index is 8.63. The molecule has 1 rings (SSSR count). The number of aliphatic hydroxyl groups excluding tert-OH is 1. The zero-order chi connectivity index (χ0) is 5.98. The van der Waals surface area contributed by atoms with Crippen LogP contribution in [-0.2, 0) is 0 Å². The molecule has 0 heterocycles. The largest absolute Gasteiger partial charge is 0.392 e. The van der Waals surface area contributed by atoms with Gasteiger partial charge in [0, 0.05) is 0 Å². The van der Waals surface area contributed by atoms with Crippen molar-refractivity contribution < 1.29 is 5.11 Å². The van der Waals surface area contributed by atoms with Gasteiger partial charge in [0.2, 0.25) is 0 Å². The average Bonchev–Trinajstić information content (AvgIpc) is 1.66. The lowest BCUT2D eigenvalue weighted by Crippen LogP contribution is -2.06. The molecule has 0 amide bonds. The highest BCUT2D eigenvalue weighted by Gasteiger charge is 2.12. The van der Waals surface area contributed by atoms with Gasteiger partial charge >= 0.3 is 0 Å². The van der Waals surface area contributed by atoms with E-state index in [9.17, 15) is 0 Å². The van der Waals surface area contributed by atoms with E-state index in [2.05, 4.69) is 6.92 Å². The molecule has 0 saturated heterocycles. The van der Waals surface area contributed by atoms with Gasteiger partial charge in [-0.3, -0.25) is 0 Å². The first-order chi connectivity index (χ1) is 3.88. The first-order valence-corrected chi connectivity index (χ1v) is 3.19. The summed E-state index contributed by atoms with van der Waals surface area (Å²) >= 11 is 0. The highest BCUT2D eigenvalue weighted by Crippen LogP contribution is 2.28. The van der Waals surface area contributed by atoms with Gasteiger partial charge in [0.25, 0.3) is 0 Å². The summed E-state index contributed by atoms with van der Waals surface area (Å²) in [7, 11) is 0. The third-order valence-corrected chi connectivity index (χ3v) is 1.85. The van der Waals surface area contributed by atoms with E-state index < -0.39 is 0 Å². The Kier molecular flexibility index (Phi) is 1.69. The van der Waals surface area contributed by atoms with Crippen LogP contribution in [0.2, 0.25) is 0 Å². The first-order valence-electron chi connectivity index (χ1n) is 3.19. The standard InChI is InChI=1S/C7H12O/c1-2-6-3-4-7(6)5-8/h8H,2-5H2,1H3. The van der Waals surface area contributed by atoms with Crippen molar-refractivity contribution in [2.45, 2.75) is 26.2 Å². The molecule has 0 unspecified atom stereocenters. The lowest BCUT2D eigenvalue weighted by atomic mass is 9.87. The molecule has 1 N–H and O–H groups in total. The maximum Gasteiger partial charge on any atom is 0.0644 e. The second-order valence-electron chi connectivity index (χ2n) is 2.22. The van der Waals surface area contributed by atoms with Crippen molar-refractivity contribution in [3.05, 3.63) is 11.1 Å². The second kappa shape index (κ2) is 2.31. The molecule has 0 radical (unpaired) electrons. The van der Waals surface area contributed by atoms with Gasteiger partial charge in [-0.2, -0.15) is 0 Å².